The predicted octanol–water partition coefficient (Wildman–Crippen LogP) is 13.5. The summed E-state index contributed by atoms with van der Waals surface area (Å²) in [5, 5.41) is 12.9. The number of rotatable bonds is 3. The standard InChI is InChI=1S/C42H24ClNOS/c43-37-13-7-15-40-42(37)34-20-17-27(24-41(34)46-40)44(26-18-21-39-36(23-26)33-12-5-6-14-38(33)45-39)25-16-19-32-30-10-2-1-8-28(30)29-9-3-4-11-31(29)35(32)22-25/h1-24H. The van der Waals surface area contributed by atoms with Crippen molar-refractivity contribution in [2.24, 2.45) is 0 Å². The van der Waals surface area contributed by atoms with Gasteiger partial charge in [0.25, 0.3) is 0 Å². The van der Waals surface area contributed by atoms with E-state index in [9.17, 15) is 0 Å². The van der Waals surface area contributed by atoms with Crippen molar-refractivity contribution in [2.75, 3.05) is 4.90 Å². The minimum absolute atomic E-state index is 0.791. The number of anilines is 3. The van der Waals surface area contributed by atoms with E-state index in [1.807, 2.05) is 24.3 Å². The Morgan fingerprint density at radius 3 is 1.70 bits per heavy atom. The van der Waals surface area contributed by atoms with Crippen LogP contribution >= 0.6 is 22.9 Å². The topological polar surface area (TPSA) is 16.4 Å². The van der Waals surface area contributed by atoms with E-state index in [2.05, 4.69) is 126 Å². The van der Waals surface area contributed by atoms with E-state index in [1.54, 1.807) is 11.3 Å². The van der Waals surface area contributed by atoms with Gasteiger partial charge in [0.05, 0.1) is 0 Å². The van der Waals surface area contributed by atoms with Crippen molar-refractivity contribution in [2.45, 2.75) is 0 Å². The molecule has 4 heteroatoms. The van der Waals surface area contributed by atoms with E-state index < -0.39 is 0 Å². The molecule has 2 nitrogen and oxygen atoms in total. The highest BCUT2D eigenvalue weighted by Crippen LogP contribution is 2.45. The molecule has 0 saturated carbocycles. The zero-order chi connectivity index (χ0) is 30.4. The van der Waals surface area contributed by atoms with Gasteiger partial charge in [-0.05, 0) is 93.0 Å². The molecule has 0 aliphatic carbocycles. The van der Waals surface area contributed by atoms with Crippen LogP contribution in [0.2, 0.25) is 5.02 Å². The Morgan fingerprint density at radius 1 is 0.413 bits per heavy atom. The van der Waals surface area contributed by atoms with Crippen molar-refractivity contribution >= 4 is 114 Å². The van der Waals surface area contributed by atoms with Crippen LogP contribution < -0.4 is 4.90 Å². The van der Waals surface area contributed by atoms with Gasteiger partial charge in [-0.1, -0.05) is 96.5 Å². The normalized spacial score (nSPS) is 12.0. The molecule has 8 aromatic carbocycles. The maximum atomic E-state index is 6.70. The first-order valence-corrected chi connectivity index (χ1v) is 16.6. The quantitative estimate of drug-likeness (QED) is 0.182. The third-order valence-corrected chi connectivity index (χ3v) is 10.7. The summed E-state index contributed by atoms with van der Waals surface area (Å²) in [5.41, 5.74) is 5.04. The number of fused-ring (bicyclic) bond motifs is 12. The maximum absolute atomic E-state index is 6.70. The molecule has 2 aromatic heterocycles. The Hall–Kier alpha value is -5.35. The van der Waals surface area contributed by atoms with Crippen molar-refractivity contribution in [1.29, 1.82) is 0 Å². The number of benzene rings is 8. The lowest BCUT2D eigenvalue weighted by Crippen LogP contribution is -2.09. The van der Waals surface area contributed by atoms with Gasteiger partial charge in [0, 0.05) is 53.0 Å². The molecule has 0 N–H and O–H groups in total. The Kier molecular flexibility index (Phi) is 5.54. The summed E-state index contributed by atoms with van der Waals surface area (Å²) < 4.78 is 8.62. The molecule has 0 amide bonds. The second-order valence-electron chi connectivity index (χ2n) is 11.8. The number of furan rings is 1. The minimum atomic E-state index is 0.791. The maximum Gasteiger partial charge on any atom is 0.135 e. The smallest absolute Gasteiger partial charge is 0.135 e. The number of halogens is 1. The summed E-state index contributed by atoms with van der Waals surface area (Å²) in [6, 6.07) is 52.1. The lowest BCUT2D eigenvalue weighted by molar-refractivity contribution is 0.669. The molecule has 0 fully saturated rings. The van der Waals surface area contributed by atoms with Gasteiger partial charge in [-0.3, -0.25) is 0 Å². The molecule has 0 saturated heterocycles. The molecule has 10 rings (SSSR count). The van der Waals surface area contributed by atoms with Gasteiger partial charge in [-0.15, -0.1) is 11.3 Å². The van der Waals surface area contributed by atoms with E-state index in [1.165, 1.54) is 47.1 Å². The van der Waals surface area contributed by atoms with E-state index in [4.69, 9.17) is 16.0 Å². The van der Waals surface area contributed by atoms with E-state index in [0.717, 1.165) is 49.4 Å². The summed E-state index contributed by atoms with van der Waals surface area (Å²) >= 11 is 8.48. The molecule has 0 aliphatic heterocycles. The Bertz CT molecular complexity index is 2810. The average molecular weight is 626 g/mol. The summed E-state index contributed by atoms with van der Waals surface area (Å²) in [7, 11) is 0. The fourth-order valence-corrected chi connectivity index (χ4v) is 8.74. The molecule has 0 atom stereocenters. The zero-order valence-electron chi connectivity index (χ0n) is 24.5. The number of nitrogens with zero attached hydrogens (tertiary/aromatic N) is 1. The molecule has 0 unspecified atom stereocenters. The average Bonchev–Trinajstić information content (AvgIpc) is 3.67. The second-order valence-corrected chi connectivity index (χ2v) is 13.3. The van der Waals surface area contributed by atoms with Gasteiger partial charge in [0.2, 0.25) is 0 Å². The van der Waals surface area contributed by atoms with E-state index in [0.29, 0.717) is 0 Å². The van der Waals surface area contributed by atoms with Crippen LogP contribution in [0.3, 0.4) is 0 Å². The molecule has 0 spiro atoms. The molecule has 216 valence electrons. The molecule has 10 aromatic rings. The number of thiophene rings is 1. The lowest BCUT2D eigenvalue weighted by atomic mass is 9.94. The van der Waals surface area contributed by atoms with Crippen LogP contribution in [-0.4, -0.2) is 0 Å². The summed E-state index contributed by atoms with van der Waals surface area (Å²) in [5.74, 6) is 0. The first-order chi connectivity index (χ1) is 22.7. The molecule has 0 aliphatic rings. The highest BCUT2D eigenvalue weighted by Gasteiger charge is 2.19. The fourth-order valence-electron chi connectivity index (χ4n) is 7.25. The van der Waals surface area contributed by atoms with Crippen molar-refractivity contribution in [3.63, 3.8) is 0 Å². The Morgan fingerprint density at radius 2 is 0.957 bits per heavy atom. The minimum Gasteiger partial charge on any atom is -0.456 e. The number of hydrogen-bond donors (Lipinski definition) is 0. The number of para-hydroxylation sites is 1. The molecule has 0 bridgehead atoms. The van der Waals surface area contributed by atoms with Gasteiger partial charge >= 0.3 is 0 Å². The van der Waals surface area contributed by atoms with Gasteiger partial charge in [0.15, 0.2) is 0 Å². The summed E-state index contributed by atoms with van der Waals surface area (Å²) in [6.07, 6.45) is 0. The van der Waals surface area contributed by atoms with Crippen LogP contribution in [0.5, 0.6) is 0 Å². The zero-order valence-corrected chi connectivity index (χ0v) is 26.1. The highest BCUT2D eigenvalue weighted by atomic mass is 35.5. The van der Waals surface area contributed by atoms with Gasteiger partial charge in [-0.25, -0.2) is 0 Å². The third kappa shape index (κ3) is 3.76. The largest absolute Gasteiger partial charge is 0.456 e. The first kappa shape index (κ1) is 25.9. The lowest BCUT2D eigenvalue weighted by Gasteiger charge is -2.26. The van der Waals surface area contributed by atoms with E-state index in [-0.39, 0.29) is 0 Å². The van der Waals surface area contributed by atoms with E-state index >= 15 is 0 Å². The third-order valence-electron chi connectivity index (χ3n) is 9.29. The van der Waals surface area contributed by atoms with Crippen LogP contribution in [0.1, 0.15) is 0 Å². The predicted molar refractivity (Wildman–Crippen MR) is 199 cm³/mol. The van der Waals surface area contributed by atoms with Crippen LogP contribution in [-0.2, 0) is 0 Å². The van der Waals surface area contributed by atoms with Crippen LogP contribution in [0.4, 0.5) is 17.1 Å². The SMILES string of the molecule is Clc1cccc2sc3cc(N(c4ccc5oc6ccccc6c5c4)c4ccc5c6ccccc6c6ccccc6c5c4)ccc3c12. The molecule has 2 heterocycles. The van der Waals surface area contributed by atoms with Crippen molar-refractivity contribution in [3.8, 4) is 0 Å². The molecule has 46 heavy (non-hydrogen) atoms. The van der Waals surface area contributed by atoms with Gasteiger partial charge < -0.3 is 9.32 Å². The highest BCUT2D eigenvalue weighted by molar-refractivity contribution is 7.26. The van der Waals surface area contributed by atoms with Crippen molar-refractivity contribution < 1.29 is 4.42 Å². The molecule has 0 radical (unpaired) electrons. The Balaban J connectivity index is 1.26. The molecular weight excluding hydrogens is 602 g/mol. The van der Waals surface area contributed by atoms with Gasteiger partial charge in [0.1, 0.15) is 11.2 Å². The Labute approximate surface area is 273 Å². The van der Waals surface area contributed by atoms with Crippen LogP contribution in [0, 0.1) is 0 Å². The van der Waals surface area contributed by atoms with Crippen LogP contribution in [0.15, 0.2) is 150 Å². The summed E-state index contributed by atoms with van der Waals surface area (Å²) in [4.78, 5) is 2.37. The summed E-state index contributed by atoms with van der Waals surface area (Å²) in [6.45, 7) is 0. The molecular formula is C42H24ClNOS. The first-order valence-electron chi connectivity index (χ1n) is 15.4. The monoisotopic (exact) mass is 625 g/mol. The van der Waals surface area contributed by atoms with Gasteiger partial charge in [-0.2, -0.15) is 0 Å². The van der Waals surface area contributed by atoms with Crippen molar-refractivity contribution in [1.82, 2.24) is 0 Å². The second kappa shape index (κ2) is 9.82. The van der Waals surface area contributed by atoms with Crippen molar-refractivity contribution in [3.05, 3.63) is 151 Å². The van der Waals surface area contributed by atoms with Crippen LogP contribution in [0.25, 0.3) is 74.4 Å². The fraction of sp³-hybridized carbons (Fsp3) is 0. The number of hydrogen-bond acceptors (Lipinski definition) is 3.